The van der Waals surface area contributed by atoms with Crippen molar-refractivity contribution >= 4 is 15.7 Å². The molecule has 7 heteroatoms. The summed E-state index contributed by atoms with van der Waals surface area (Å²) in [6.07, 6.45) is 4.06. The van der Waals surface area contributed by atoms with Crippen LogP contribution in [0.25, 0.3) is 0 Å². The van der Waals surface area contributed by atoms with E-state index in [-0.39, 0.29) is 4.90 Å². The molecular formula is C14H19N3O3S. The Bertz CT molecular complexity index is 681. The van der Waals surface area contributed by atoms with Crippen LogP contribution in [0.4, 0.5) is 5.69 Å². The first-order valence-corrected chi connectivity index (χ1v) is 8.24. The summed E-state index contributed by atoms with van der Waals surface area (Å²) in [6, 6.07) is 4.74. The quantitative estimate of drug-likeness (QED) is 0.767. The molecular weight excluding hydrogens is 290 g/mol. The van der Waals surface area contributed by atoms with Gasteiger partial charge in [-0.3, -0.25) is 9.71 Å². The maximum absolute atomic E-state index is 12.4. The standard InChI is InChI=1S/C14H19N3O3S/c1-3-6-16-10-13-9-14(11(2)20-13)21(18,19)17-12-4-7-15-8-5-12/h4-5,7-9,16H,3,6,10H2,1-2H3,(H,15,17). The van der Waals surface area contributed by atoms with Gasteiger partial charge in [-0.15, -0.1) is 0 Å². The Hall–Kier alpha value is -1.86. The molecule has 0 spiro atoms. The van der Waals surface area contributed by atoms with E-state index < -0.39 is 10.0 Å². The van der Waals surface area contributed by atoms with Crippen LogP contribution in [0.15, 0.2) is 39.9 Å². The third-order valence-corrected chi connectivity index (χ3v) is 4.36. The maximum Gasteiger partial charge on any atom is 0.265 e. The number of furan rings is 1. The topological polar surface area (TPSA) is 84.2 Å². The van der Waals surface area contributed by atoms with Crippen LogP contribution in [0, 0.1) is 6.92 Å². The summed E-state index contributed by atoms with van der Waals surface area (Å²) < 4.78 is 32.7. The lowest BCUT2D eigenvalue weighted by Gasteiger charge is -2.05. The van der Waals surface area contributed by atoms with Crippen molar-refractivity contribution in [3.8, 4) is 0 Å². The van der Waals surface area contributed by atoms with E-state index in [1.54, 1.807) is 25.1 Å². The van der Waals surface area contributed by atoms with Gasteiger partial charge in [-0.25, -0.2) is 8.42 Å². The smallest absolute Gasteiger partial charge is 0.265 e. The van der Waals surface area contributed by atoms with Gasteiger partial charge in [0.15, 0.2) is 0 Å². The van der Waals surface area contributed by atoms with E-state index in [9.17, 15) is 8.42 Å². The molecule has 0 aliphatic carbocycles. The van der Waals surface area contributed by atoms with Gasteiger partial charge in [0, 0.05) is 18.5 Å². The molecule has 6 nitrogen and oxygen atoms in total. The minimum Gasteiger partial charge on any atom is -0.464 e. The molecule has 0 unspecified atom stereocenters. The number of hydrogen-bond donors (Lipinski definition) is 2. The fraction of sp³-hybridized carbons (Fsp3) is 0.357. The molecule has 2 aromatic heterocycles. The van der Waals surface area contributed by atoms with Gasteiger partial charge in [-0.05, 0) is 32.0 Å². The number of nitrogens with zero attached hydrogens (tertiary/aromatic N) is 1. The number of aryl methyl sites for hydroxylation is 1. The number of anilines is 1. The highest BCUT2D eigenvalue weighted by atomic mass is 32.2. The Morgan fingerprint density at radius 1 is 1.29 bits per heavy atom. The van der Waals surface area contributed by atoms with Crippen molar-refractivity contribution in [2.24, 2.45) is 0 Å². The molecule has 0 saturated carbocycles. The molecule has 2 aromatic rings. The van der Waals surface area contributed by atoms with Crippen molar-refractivity contribution in [2.45, 2.75) is 31.7 Å². The van der Waals surface area contributed by atoms with E-state index in [1.165, 1.54) is 12.4 Å². The molecule has 0 radical (unpaired) electrons. The molecule has 0 fully saturated rings. The van der Waals surface area contributed by atoms with Gasteiger partial charge in [0.05, 0.1) is 12.2 Å². The molecule has 21 heavy (non-hydrogen) atoms. The van der Waals surface area contributed by atoms with Crippen molar-refractivity contribution in [3.05, 3.63) is 42.1 Å². The van der Waals surface area contributed by atoms with E-state index >= 15 is 0 Å². The van der Waals surface area contributed by atoms with Crippen molar-refractivity contribution in [3.63, 3.8) is 0 Å². The fourth-order valence-corrected chi connectivity index (χ4v) is 3.16. The van der Waals surface area contributed by atoms with Crippen LogP contribution in [0.2, 0.25) is 0 Å². The highest BCUT2D eigenvalue weighted by Gasteiger charge is 2.21. The second kappa shape index (κ2) is 6.73. The van der Waals surface area contributed by atoms with Crippen LogP contribution in [0.5, 0.6) is 0 Å². The van der Waals surface area contributed by atoms with E-state index in [4.69, 9.17) is 4.42 Å². The number of rotatable bonds is 7. The fourth-order valence-electron chi connectivity index (χ4n) is 1.90. The lowest BCUT2D eigenvalue weighted by atomic mass is 10.4. The first-order valence-electron chi connectivity index (χ1n) is 6.76. The highest BCUT2D eigenvalue weighted by molar-refractivity contribution is 7.92. The molecule has 2 N–H and O–H groups in total. The number of aromatic nitrogens is 1. The van der Waals surface area contributed by atoms with E-state index in [0.29, 0.717) is 23.8 Å². The van der Waals surface area contributed by atoms with Crippen LogP contribution >= 0.6 is 0 Å². The van der Waals surface area contributed by atoms with Crippen molar-refractivity contribution in [1.29, 1.82) is 0 Å². The van der Waals surface area contributed by atoms with Crippen LogP contribution < -0.4 is 10.0 Å². The average molecular weight is 309 g/mol. The average Bonchev–Trinajstić information content (AvgIpc) is 2.82. The monoisotopic (exact) mass is 309 g/mol. The Labute approximate surface area is 124 Å². The summed E-state index contributed by atoms with van der Waals surface area (Å²) in [6.45, 7) is 5.08. The number of hydrogen-bond acceptors (Lipinski definition) is 5. The second-order valence-corrected chi connectivity index (χ2v) is 6.30. The van der Waals surface area contributed by atoms with Crippen LogP contribution in [0.3, 0.4) is 0 Å². The zero-order chi connectivity index (χ0) is 15.3. The second-order valence-electron chi connectivity index (χ2n) is 4.65. The van der Waals surface area contributed by atoms with Crippen molar-refractivity contribution < 1.29 is 12.8 Å². The van der Waals surface area contributed by atoms with Crippen molar-refractivity contribution in [2.75, 3.05) is 11.3 Å². The Morgan fingerprint density at radius 2 is 2.00 bits per heavy atom. The molecule has 0 bridgehead atoms. The third kappa shape index (κ3) is 4.05. The summed E-state index contributed by atoms with van der Waals surface area (Å²) >= 11 is 0. The Kier molecular flexibility index (Phi) is 4.98. The Morgan fingerprint density at radius 3 is 2.67 bits per heavy atom. The summed E-state index contributed by atoms with van der Waals surface area (Å²) in [5, 5.41) is 3.18. The summed E-state index contributed by atoms with van der Waals surface area (Å²) in [5.41, 5.74) is 0.469. The Balaban J connectivity index is 2.16. The lowest BCUT2D eigenvalue weighted by Crippen LogP contribution is -2.14. The first-order chi connectivity index (χ1) is 10.0. The molecule has 0 aliphatic rings. The van der Waals surface area contributed by atoms with Crippen LogP contribution in [-0.4, -0.2) is 19.9 Å². The van der Waals surface area contributed by atoms with Gasteiger partial charge >= 0.3 is 0 Å². The van der Waals surface area contributed by atoms with Gasteiger partial charge in [0.1, 0.15) is 16.4 Å². The van der Waals surface area contributed by atoms with E-state index in [2.05, 4.69) is 21.9 Å². The van der Waals surface area contributed by atoms with E-state index in [0.717, 1.165) is 13.0 Å². The zero-order valence-corrected chi connectivity index (χ0v) is 12.9. The molecule has 0 amide bonds. The summed E-state index contributed by atoms with van der Waals surface area (Å²) in [5.74, 6) is 0.987. The molecule has 114 valence electrons. The van der Waals surface area contributed by atoms with Gasteiger partial charge in [0.25, 0.3) is 10.0 Å². The predicted molar refractivity (Wildman–Crippen MR) is 80.5 cm³/mol. The largest absolute Gasteiger partial charge is 0.464 e. The maximum atomic E-state index is 12.4. The summed E-state index contributed by atoms with van der Waals surface area (Å²) in [4.78, 5) is 4.01. The molecule has 2 rings (SSSR count). The molecule has 0 saturated heterocycles. The normalized spacial score (nSPS) is 11.5. The number of nitrogens with one attached hydrogen (secondary N) is 2. The van der Waals surface area contributed by atoms with Gasteiger partial charge in [-0.1, -0.05) is 6.92 Å². The molecule has 0 aromatic carbocycles. The molecule has 0 atom stereocenters. The lowest BCUT2D eigenvalue weighted by molar-refractivity contribution is 0.457. The summed E-state index contributed by atoms with van der Waals surface area (Å²) in [7, 11) is -3.65. The predicted octanol–water partition coefficient (Wildman–Crippen LogP) is 2.28. The number of sulfonamides is 1. The minimum absolute atomic E-state index is 0.160. The SMILES string of the molecule is CCCNCc1cc(S(=O)(=O)Nc2ccncc2)c(C)o1. The van der Waals surface area contributed by atoms with Crippen molar-refractivity contribution in [1.82, 2.24) is 10.3 Å². The highest BCUT2D eigenvalue weighted by Crippen LogP contribution is 2.22. The van der Waals surface area contributed by atoms with E-state index in [1.807, 2.05) is 0 Å². The van der Waals surface area contributed by atoms with Crippen LogP contribution in [0.1, 0.15) is 24.9 Å². The first kappa shape index (κ1) is 15.5. The molecule has 0 aliphatic heterocycles. The number of pyridine rings is 1. The minimum atomic E-state index is -3.65. The van der Waals surface area contributed by atoms with Gasteiger partial charge in [0.2, 0.25) is 0 Å². The zero-order valence-electron chi connectivity index (χ0n) is 12.1. The third-order valence-electron chi connectivity index (χ3n) is 2.87. The molecule has 2 heterocycles. The van der Waals surface area contributed by atoms with Crippen LogP contribution in [-0.2, 0) is 16.6 Å². The van der Waals surface area contributed by atoms with Gasteiger partial charge < -0.3 is 9.73 Å². The van der Waals surface area contributed by atoms with Gasteiger partial charge in [-0.2, -0.15) is 0 Å².